The summed E-state index contributed by atoms with van der Waals surface area (Å²) in [6, 6.07) is 0. The van der Waals surface area contributed by atoms with Gasteiger partial charge >= 0.3 is 0 Å². The lowest BCUT2D eigenvalue weighted by molar-refractivity contribution is 0.178. The second-order valence-corrected chi connectivity index (χ2v) is 3.58. The molecule has 0 fully saturated rings. The van der Waals surface area contributed by atoms with E-state index in [1.807, 2.05) is 0 Å². The lowest BCUT2D eigenvalue weighted by atomic mass is 10.1. The number of anilines is 2. The largest absolute Gasteiger partial charge is 0.394 e. The number of nitrogens with one attached hydrogen (secondary N) is 1. The van der Waals surface area contributed by atoms with E-state index in [2.05, 4.69) is 19.3 Å². The molecule has 0 amide bonds. The molecule has 1 aromatic carbocycles. The Hall–Kier alpha value is -1.36. The molecule has 0 aliphatic rings. The van der Waals surface area contributed by atoms with Gasteiger partial charge in [-0.3, -0.25) is 19.9 Å². The molecule has 0 aliphatic heterocycles. The fourth-order valence-corrected chi connectivity index (χ4v) is 0.928. The molecule has 14 heavy (non-hydrogen) atoms. The van der Waals surface area contributed by atoms with Gasteiger partial charge in [0.2, 0.25) is 0 Å². The Labute approximate surface area is 81.5 Å². The van der Waals surface area contributed by atoms with Crippen molar-refractivity contribution in [1.29, 1.82) is 0 Å². The summed E-state index contributed by atoms with van der Waals surface area (Å²) in [4.78, 5) is 26.5. The van der Waals surface area contributed by atoms with E-state index in [0.717, 1.165) is 6.42 Å². The first-order valence-corrected chi connectivity index (χ1v) is 4.50. The Morgan fingerprint density at radius 2 is 2.00 bits per heavy atom. The highest BCUT2D eigenvalue weighted by molar-refractivity contribution is 5.70. The van der Waals surface area contributed by atoms with Crippen LogP contribution in [0.25, 0.3) is 0 Å². The Kier molecular flexibility index (Phi) is 3.24. The van der Waals surface area contributed by atoms with Crippen LogP contribution in [0, 0.1) is 5.92 Å². The smallest absolute Gasteiger partial charge is 0.255 e. The maximum atomic E-state index is 10.9. The van der Waals surface area contributed by atoms with Crippen molar-refractivity contribution in [2.75, 3.05) is 17.8 Å². The summed E-state index contributed by atoms with van der Waals surface area (Å²) in [6.07, 6.45) is 0.877. The van der Waals surface area contributed by atoms with Gasteiger partial charge in [0.1, 0.15) is 11.4 Å². The molecule has 0 atom stereocenters. The summed E-state index contributed by atoms with van der Waals surface area (Å²) in [6.45, 7) is 4.61. The second kappa shape index (κ2) is 4.23. The Morgan fingerprint density at radius 1 is 1.36 bits per heavy atom. The van der Waals surface area contributed by atoms with Gasteiger partial charge in [-0.2, -0.15) is 0 Å². The fraction of sp³-hybridized carbons (Fsp3) is 0.556. The van der Waals surface area contributed by atoms with Crippen LogP contribution < -0.4 is 22.1 Å². The number of nitrogen functional groups attached to an aromatic ring is 1. The average molecular weight is 198 g/mol. The molecule has 1 rings (SSSR count). The van der Waals surface area contributed by atoms with Gasteiger partial charge in [-0.05, 0) is 12.3 Å². The van der Waals surface area contributed by atoms with Crippen LogP contribution in [0.4, 0.5) is 11.4 Å². The molecule has 78 valence electrons. The van der Waals surface area contributed by atoms with Gasteiger partial charge in [-0.1, -0.05) is 13.8 Å². The quantitative estimate of drug-likeness (QED) is 0.403. The molecule has 0 saturated heterocycles. The third kappa shape index (κ3) is 2.11. The van der Waals surface area contributed by atoms with E-state index in [-0.39, 0.29) is 11.4 Å². The molecule has 5 heteroatoms. The minimum Gasteiger partial charge on any atom is -0.394 e. The SMILES string of the molecule is CC(C)CCONc1c(N)c(=O)c1=O. The van der Waals surface area contributed by atoms with Crippen LogP contribution in [-0.4, -0.2) is 6.61 Å². The predicted octanol–water partition coefficient (Wildman–Crippen LogP) is 0.254. The van der Waals surface area contributed by atoms with Crippen molar-refractivity contribution in [3.8, 4) is 0 Å². The Bertz CT molecular complexity index is 377. The summed E-state index contributed by atoms with van der Waals surface area (Å²) >= 11 is 0. The van der Waals surface area contributed by atoms with Crippen molar-refractivity contribution in [3.05, 3.63) is 20.4 Å². The molecule has 0 saturated carbocycles. The van der Waals surface area contributed by atoms with Crippen molar-refractivity contribution >= 4 is 11.4 Å². The minimum atomic E-state index is -0.639. The summed E-state index contributed by atoms with van der Waals surface area (Å²) in [5.74, 6) is 0.529. The Morgan fingerprint density at radius 3 is 2.50 bits per heavy atom. The van der Waals surface area contributed by atoms with Crippen molar-refractivity contribution in [2.45, 2.75) is 20.3 Å². The maximum absolute atomic E-state index is 10.9. The first-order valence-electron chi connectivity index (χ1n) is 4.50. The van der Waals surface area contributed by atoms with Crippen molar-refractivity contribution < 1.29 is 4.84 Å². The highest BCUT2D eigenvalue weighted by Crippen LogP contribution is 2.09. The number of hydrogen-bond acceptors (Lipinski definition) is 5. The van der Waals surface area contributed by atoms with Crippen LogP contribution >= 0.6 is 0 Å². The van der Waals surface area contributed by atoms with Crippen LogP contribution in [0.1, 0.15) is 20.3 Å². The lowest BCUT2D eigenvalue weighted by Gasteiger charge is -2.10. The third-order valence-electron chi connectivity index (χ3n) is 1.92. The maximum Gasteiger partial charge on any atom is 0.255 e. The zero-order valence-electron chi connectivity index (χ0n) is 8.29. The van der Waals surface area contributed by atoms with E-state index < -0.39 is 10.9 Å². The van der Waals surface area contributed by atoms with E-state index >= 15 is 0 Å². The molecule has 0 bridgehead atoms. The Balaban J connectivity index is 2.34. The van der Waals surface area contributed by atoms with Gasteiger partial charge in [-0.25, -0.2) is 0 Å². The normalized spacial score (nSPS) is 11.1. The molecule has 0 spiro atoms. The second-order valence-electron chi connectivity index (χ2n) is 3.58. The van der Waals surface area contributed by atoms with Crippen molar-refractivity contribution in [3.63, 3.8) is 0 Å². The number of nitrogens with two attached hydrogens (primary N) is 1. The molecule has 0 aliphatic carbocycles. The van der Waals surface area contributed by atoms with Crippen molar-refractivity contribution in [2.24, 2.45) is 5.92 Å². The zero-order chi connectivity index (χ0) is 10.7. The van der Waals surface area contributed by atoms with Gasteiger partial charge < -0.3 is 5.73 Å². The van der Waals surface area contributed by atoms with Crippen LogP contribution in [0.15, 0.2) is 9.59 Å². The van der Waals surface area contributed by atoms with Gasteiger partial charge in [0.05, 0.1) is 6.61 Å². The highest BCUT2D eigenvalue weighted by Gasteiger charge is 2.17. The molecule has 0 radical (unpaired) electrons. The summed E-state index contributed by atoms with van der Waals surface area (Å²) in [5.41, 5.74) is 6.45. The van der Waals surface area contributed by atoms with Crippen LogP contribution in [0.5, 0.6) is 0 Å². The van der Waals surface area contributed by atoms with Crippen LogP contribution in [0.2, 0.25) is 0 Å². The monoisotopic (exact) mass is 198 g/mol. The average Bonchev–Trinajstić information content (AvgIpc) is 2.15. The highest BCUT2D eigenvalue weighted by atomic mass is 16.6. The van der Waals surface area contributed by atoms with Gasteiger partial charge in [0.25, 0.3) is 10.9 Å². The van der Waals surface area contributed by atoms with E-state index in [4.69, 9.17) is 10.6 Å². The molecule has 1 aromatic rings. The topological polar surface area (TPSA) is 81.4 Å². The molecular formula is C9H14N2O3. The third-order valence-corrected chi connectivity index (χ3v) is 1.92. The van der Waals surface area contributed by atoms with Crippen LogP contribution in [-0.2, 0) is 4.84 Å². The van der Waals surface area contributed by atoms with Crippen LogP contribution in [0.3, 0.4) is 0 Å². The van der Waals surface area contributed by atoms with Gasteiger partial charge in [-0.15, -0.1) is 0 Å². The molecule has 3 N–H and O–H groups in total. The molecular weight excluding hydrogens is 184 g/mol. The molecule has 0 unspecified atom stereocenters. The van der Waals surface area contributed by atoms with Gasteiger partial charge in [0, 0.05) is 0 Å². The number of rotatable bonds is 5. The summed E-state index contributed by atoms with van der Waals surface area (Å²) in [5, 5.41) is 0. The summed E-state index contributed by atoms with van der Waals surface area (Å²) in [7, 11) is 0. The zero-order valence-corrected chi connectivity index (χ0v) is 8.29. The van der Waals surface area contributed by atoms with E-state index in [9.17, 15) is 9.59 Å². The molecule has 5 nitrogen and oxygen atoms in total. The summed E-state index contributed by atoms with van der Waals surface area (Å²) < 4.78 is 0. The van der Waals surface area contributed by atoms with E-state index in [1.54, 1.807) is 0 Å². The van der Waals surface area contributed by atoms with E-state index in [1.165, 1.54) is 0 Å². The first-order chi connectivity index (χ1) is 6.54. The minimum absolute atomic E-state index is 0.0421. The standard InChI is InChI=1S/C9H14N2O3/c1-5(2)3-4-14-11-7-6(10)8(12)9(7)13/h5,11H,3-4,10H2,1-2H3. The van der Waals surface area contributed by atoms with E-state index in [0.29, 0.717) is 12.5 Å². The first kappa shape index (κ1) is 10.7. The molecule has 0 aromatic heterocycles. The predicted molar refractivity (Wildman–Crippen MR) is 54.8 cm³/mol. The number of hydrogen-bond donors (Lipinski definition) is 2. The lowest BCUT2D eigenvalue weighted by Crippen LogP contribution is -2.37. The fourth-order valence-electron chi connectivity index (χ4n) is 0.928. The van der Waals surface area contributed by atoms with Crippen molar-refractivity contribution in [1.82, 2.24) is 0 Å². The van der Waals surface area contributed by atoms with Gasteiger partial charge in [0.15, 0.2) is 0 Å². The molecule has 0 heterocycles.